The number of rotatable bonds is 2. The number of nitrogens with zero attached hydrogens (tertiary/aromatic N) is 4. The van der Waals surface area contributed by atoms with E-state index in [4.69, 9.17) is 23.1 Å². The molecule has 0 spiro atoms. The van der Waals surface area contributed by atoms with Gasteiger partial charge >= 0.3 is 0 Å². The molecule has 0 amide bonds. The molecule has 8 heteroatoms. The van der Waals surface area contributed by atoms with Crippen molar-refractivity contribution in [1.29, 1.82) is 0 Å². The molecule has 0 aliphatic carbocycles. The van der Waals surface area contributed by atoms with Crippen LogP contribution in [-0.4, -0.2) is 20.2 Å². The second kappa shape index (κ2) is 5.34. The molecule has 0 fully saturated rings. The summed E-state index contributed by atoms with van der Waals surface area (Å²) in [5.74, 6) is 0.535. The van der Waals surface area contributed by atoms with Crippen molar-refractivity contribution < 1.29 is 0 Å². The Labute approximate surface area is 133 Å². The Morgan fingerprint density at radius 3 is 2.43 bits per heavy atom. The van der Waals surface area contributed by atoms with Crippen molar-refractivity contribution in [2.24, 2.45) is 0 Å². The molecule has 106 valence electrons. The van der Waals surface area contributed by atoms with Crippen molar-refractivity contribution in [1.82, 2.24) is 20.2 Å². The van der Waals surface area contributed by atoms with Crippen molar-refractivity contribution in [2.75, 3.05) is 11.5 Å². The highest BCUT2D eigenvalue weighted by atomic mass is 79.9. The van der Waals surface area contributed by atoms with Crippen LogP contribution in [0.3, 0.4) is 0 Å². The topological polar surface area (TPSA) is 95.6 Å². The average molecular weight is 366 g/mol. The second-order valence-corrected chi connectivity index (χ2v) is 5.66. The first kappa shape index (κ1) is 13.8. The highest BCUT2D eigenvalue weighted by Gasteiger charge is 2.12. The van der Waals surface area contributed by atoms with Crippen LogP contribution in [0, 0.1) is 0 Å². The Morgan fingerprint density at radius 2 is 1.76 bits per heavy atom. The molecule has 4 N–H and O–H groups in total. The zero-order chi connectivity index (χ0) is 15.0. The molecule has 2 aromatic carbocycles. The standard InChI is InChI=1S/C13H10BrClN6/c14-11-2-1-10(6-12(11)15)21-13(18-19-20-21)7-3-8(16)5-9(17)4-7/h1-6H,16-17H2. The Bertz CT molecular complexity index is 796. The lowest BCUT2D eigenvalue weighted by Crippen LogP contribution is -2.01. The second-order valence-electron chi connectivity index (χ2n) is 4.40. The Balaban J connectivity index is 2.14. The van der Waals surface area contributed by atoms with Crippen LogP contribution in [0.1, 0.15) is 0 Å². The van der Waals surface area contributed by atoms with Crippen LogP contribution in [0.25, 0.3) is 17.1 Å². The molecular weight excluding hydrogens is 356 g/mol. The summed E-state index contributed by atoms with van der Waals surface area (Å²) < 4.78 is 2.38. The third-order valence-electron chi connectivity index (χ3n) is 2.85. The number of aromatic nitrogens is 4. The Hall–Kier alpha value is -2.12. The van der Waals surface area contributed by atoms with Crippen LogP contribution in [0.5, 0.6) is 0 Å². The number of benzene rings is 2. The number of nitrogen functional groups attached to an aromatic ring is 2. The van der Waals surface area contributed by atoms with Crippen LogP contribution >= 0.6 is 27.5 Å². The van der Waals surface area contributed by atoms with Crippen molar-refractivity contribution in [3.8, 4) is 17.1 Å². The fraction of sp³-hybridized carbons (Fsp3) is 0. The molecule has 0 saturated heterocycles. The molecule has 6 nitrogen and oxygen atoms in total. The summed E-state index contributed by atoms with van der Waals surface area (Å²) in [6.07, 6.45) is 0. The van der Waals surface area contributed by atoms with E-state index < -0.39 is 0 Å². The summed E-state index contributed by atoms with van der Waals surface area (Å²) in [5.41, 5.74) is 14.2. The van der Waals surface area contributed by atoms with E-state index in [-0.39, 0.29) is 0 Å². The number of nitrogens with two attached hydrogens (primary N) is 2. The molecule has 1 heterocycles. The minimum absolute atomic E-state index is 0.535. The first-order valence-corrected chi connectivity index (χ1v) is 7.12. The maximum atomic E-state index is 6.11. The molecule has 1 aromatic heterocycles. The van der Waals surface area contributed by atoms with Gasteiger partial charge in [-0.15, -0.1) is 5.10 Å². The predicted octanol–water partition coefficient (Wildman–Crippen LogP) is 2.91. The normalized spacial score (nSPS) is 10.8. The molecule has 0 unspecified atom stereocenters. The van der Waals surface area contributed by atoms with E-state index in [1.165, 1.54) is 0 Å². The van der Waals surface area contributed by atoms with Crippen molar-refractivity contribution >= 4 is 38.9 Å². The molecular formula is C13H10BrClN6. The third kappa shape index (κ3) is 2.70. The van der Waals surface area contributed by atoms with E-state index >= 15 is 0 Å². The number of tetrazole rings is 1. The van der Waals surface area contributed by atoms with Gasteiger partial charge in [-0.1, -0.05) is 11.6 Å². The van der Waals surface area contributed by atoms with Gasteiger partial charge in [0.25, 0.3) is 0 Å². The SMILES string of the molecule is Nc1cc(N)cc(-c2nnnn2-c2ccc(Br)c(Cl)c2)c1. The lowest BCUT2D eigenvalue weighted by atomic mass is 10.1. The number of anilines is 2. The molecule has 0 bridgehead atoms. The molecule has 0 atom stereocenters. The van der Waals surface area contributed by atoms with Crippen LogP contribution in [-0.2, 0) is 0 Å². The Morgan fingerprint density at radius 1 is 1.05 bits per heavy atom. The van der Waals surface area contributed by atoms with Crippen LogP contribution in [0.15, 0.2) is 40.9 Å². The summed E-state index contributed by atoms with van der Waals surface area (Å²) in [6, 6.07) is 10.6. The van der Waals surface area contributed by atoms with Crippen LogP contribution in [0.4, 0.5) is 11.4 Å². The summed E-state index contributed by atoms with van der Waals surface area (Å²) >= 11 is 9.46. The minimum Gasteiger partial charge on any atom is -0.399 e. The molecule has 0 radical (unpaired) electrons. The molecule has 0 saturated carbocycles. The fourth-order valence-electron chi connectivity index (χ4n) is 1.96. The van der Waals surface area contributed by atoms with Gasteiger partial charge in [-0.3, -0.25) is 0 Å². The van der Waals surface area contributed by atoms with Gasteiger partial charge < -0.3 is 11.5 Å². The summed E-state index contributed by atoms with van der Waals surface area (Å²) in [4.78, 5) is 0. The maximum Gasteiger partial charge on any atom is 0.187 e. The molecule has 3 rings (SSSR count). The largest absolute Gasteiger partial charge is 0.399 e. The average Bonchev–Trinajstić information content (AvgIpc) is 2.90. The summed E-state index contributed by atoms with van der Waals surface area (Å²) in [6.45, 7) is 0. The van der Waals surface area contributed by atoms with Gasteiger partial charge in [0.2, 0.25) is 0 Å². The number of hydrogen-bond acceptors (Lipinski definition) is 5. The van der Waals surface area contributed by atoms with Gasteiger partial charge in [-0.2, -0.15) is 4.68 Å². The van der Waals surface area contributed by atoms with E-state index in [1.807, 2.05) is 12.1 Å². The maximum absolute atomic E-state index is 6.11. The third-order valence-corrected chi connectivity index (χ3v) is 4.09. The minimum atomic E-state index is 0.535. The fourth-order valence-corrected chi connectivity index (χ4v) is 2.38. The van der Waals surface area contributed by atoms with E-state index in [0.717, 1.165) is 15.7 Å². The van der Waals surface area contributed by atoms with Gasteiger partial charge in [0.15, 0.2) is 5.82 Å². The highest BCUT2D eigenvalue weighted by Crippen LogP contribution is 2.28. The zero-order valence-corrected chi connectivity index (χ0v) is 13.0. The van der Waals surface area contributed by atoms with Crippen molar-refractivity contribution in [3.63, 3.8) is 0 Å². The highest BCUT2D eigenvalue weighted by molar-refractivity contribution is 9.10. The van der Waals surface area contributed by atoms with Crippen molar-refractivity contribution in [3.05, 3.63) is 45.9 Å². The Kier molecular flexibility index (Phi) is 3.52. The first-order valence-electron chi connectivity index (χ1n) is 5.95. The van der Waals surface area contributed by atoms with E-state index in [0.29, 0.717) is 22.2 Å². The monoisotopic (exact) mass is 364 g/mol. The molecule has 0 aliphatic rings. The van der Waals surface area contributed by atoms with E-state index in [2.05, 4.69) is 31.5 Å². The summed E-state index contributed by atoms with van der Waals surface area (Å²) in [7, 11) is 0. The van der Waals surface area contributed by atoms with Gasteiger partial charge in [0.05, 0.1) is 10.7 Å². The number of hydrogen-bond donors (Lipinski definition) is 2. The first-order chi connectivity index (χ1) is 10.0. The quantitative estimate of drug-likeness (QED) is 0.681. The molecule has 21 heavy (non-hydrogen) atoms. The van der Waals surface area contributed by atoms with Crippen LogP contribution in [0.2, 0.25) is 5.02 Å². The van der Waals surface area contributed by atoms with Gasteiger partial charge in [0.1, 0.15) is 0 Å². The molecule has 0 aliphatic heterocycles. The predicted molar refractivity (Wildman–Crippen MR) is 86.1 cm³/mol. The lowest BCUT2D eigenvalue weighted by Gasteiger charge is -2.07. The number of halogens is 2. The van der Waals surface area contributed by atoms with Gasteiger partial charge in [-0.25, -0.2) is 0 Å². The molecule has 3 aromatic rings. The van der Waals surface area contributed by atoms with Crippen molar-refractivity contribution in [2.45, 2.75) is 0 Å². The summed E-state index contributed by atoms with van der Waals surface area (Å²) in [5, 5.41) is 12.3. The smallest absolute Gasteiger partial charge is 0.187 e. The van der Waals surface area contributed by atoms with Gasteiger partial charge in [0, 0.05) is 21.4 Å². The van der Waals surface area contributed by atoms with E-state index in [1.54, 1.807) is 28.9 Å². The zero-order valence-electron chi connectivity index (χ0n) is 10.7. The van der Waals surface area contributed by atoms with Gasteiger partial charge in [-0.05, 0) is 62.8 Å². The van der Waals surface area contributed by atoms with E-state index in [9.17, 15) is 0 Å². The lowest BCUT2D eigenvalue weighted by molar-refractivity contribution is 0.791. The van der Waals surface area contributed by atoms with Crippen LogP contribution < -0.4 is 11.5 Å².